The van der Waals surface area contributed by atoms with E-state index in [0.717, 1.165) is 36.1 Å². The molecule has 0 unspecified atom stereocenters. The minimum atomic E-state index is -0.291. The highest BCUT2D eigenvalue weighted by molar-refractivity contribution is 5.70. The molecule has 0 radical (unpaired) electrons. The molecule has 1 aliphatic rings. The molecule has 3 aromatic rings. The van der Waals surface area contributed by atoms with Crippen molar-refractivity contribution in [1.82, 2.24) is 9.55 Å². The van der Waals surface area contributed by atoms with Gasteiger partial charge in [0.25, 0.3) is 0 Å². The predicted octanol–water partition coefficient (Wildman–Crippen LogP) is 3.50. The van der Waals surface area contributed by atoms with Crippen LogP contribution in [0.3, 0.4) is 0 Å². The summed E-state index contributed by atoms with van der Waals surface area (Å²) in [7, 11) is 3.23. The average Bonchev–Trinajstić information content (AvgIpc) is 2.76. The van der Waals surface area contributed by atoms with E-state index in [1.54, 1.807) is 18.8 Å². The molecule has 0 saturated heterocycles. The number of rotatable bonds is 7. The first kappa shape index (κ1) is 19.1. The SMILES string of the molecule is COc1cc2c(cc1OC)-c1cc(OCCCc3ccccc3)nc(=O)n1CC2. The third kappa shape index (κ3) is 3.97. The molecule has 0 bridgehead atoms. The molecule has 2 aromatic carbocycles. The van der Waals surface area contributed by atoms with Crippen LogP contribution in [-0.4, -0.2) is 30.4 Å². The van der Waals surface area contributed by atoms with Gasteiger partial charge < -0.3 is 14.2 Å². The Morgan fingerprint density at radius 1 is 1.03 bits per heavy atom. The topological polar surface area (TPSA) is 62.6 Å². The van der Waals surface area contributed by atoms with E-state index in [1.165, 1.54) is 5.56 Å². The fourth-order valence-corrected chi connectivity index (χ4v) is 3.69. The first-order chi connectivity index (χ1) is 14.2. The maximum Gasteiger partial charge on any atom is 0.351 e. The Hall–Kier alpha value is -3.28. The van der Waals surface area contributed by atoms with Crippen LogP contribution in [0.4, 0.5) is 0 Å². The van der Waals surface area contributed by atoms with Crippen molar-refractivity contribution >= 4 is 0 Å². The van der Waals surface area contributed by atoms with Crippen LogP contribution in [0.15, 0.2) is 53.3 Å². The van der Waals surface area contributed by atoms with E-state index >= 15 is 0 Å². The minimum Gasteiger partial charge on any atom is -0.493 e. The third-order valence-electron chi connectivity index (χ3n) is 5.18. The van der Waals surface area contributed by atoms with Crippen molar-refractivity contribution in [3.63, 3.8) is 0 Å². The Morgan fingerprint density at radius 2 is 1.79 bits per heavy atom. The van der Waals surface area contributed by atoms with Gasteiger partial charge in [0, 0.05) is 18.2 Å². The van der Waals surface area contributed by atoms with Crippen LogP contribution in [0.1, 0.15) is 17.5 Å². The highest BCUT2D eigenvalue weighted by Crippen LogP contribution is 2.38. The summed E-state index contributed by atoms with van der Waals surface area (Å²) in [6, 6.07) is 16.0. The summed E-state index contributed by atoms with van der Waals surface area (Å²) in [6.45, 7) is 1.08. The summed E-state index contributed by atoms with van der Waals surface area (Å²) in [5.41, 5.74) is 3.83. The van der Waals surface area contributed by atoms with Crippen LogP contribution in [0.2, 0.25) is 0 Å². The van der Waals surface area contributed by atoms with Crippen molar-refractivity contribution in [2.45, 2.75) is 25.8 Å². The summed E-state index contributed by atoms with van der Waals surface area (Å²) < 4.78 is 18.3. The lowest BCUT2D eigenvalue weighted by Gasteiger charge is -2.23. The maximum absolute atomic E-state index is 12.5. The standard InChI is InChI=1S/C23H24N2O4/c1-27-20-13-17-10-11-25-19(18(17)14-21(20)28-2)15-22(24-23(25)26)29-12-6-9-16-7-4-3-5-8-16/h3-5,7-8,13-15H,6,9-12H2,1-2H3. The summed E-state index contributed by atoms with van der Waals surface area (Å²) in [6.07, 6.45) is 2.51. The summed E-state index contributed by atoms with van der Waals surface area (Å²) in [5.74, 6) is 1.68. The van der Waals surface area contributed by atoms with Gasteiger partial charge in [-0.25, -0.2) is 4.79 Å². The normalized spacial score (nSPS) is 12.1. The van der Waals surface area contributed by atoms with Gasteiger partial charge in [-0.2, -0.15) is 4.98 Å². The van der Waals surface area contributed by atoms with Gasteiger partial charge in [0.1, 0.15) is 0 Å². The lowest BCUT2D eigenvalue weighted by Crippen LogP contribution is -2.28. The van der Waals surface area contributed by atoms with Gasteiger partial charge in [-0.15, -0.1) is 0 Å². The predicted molar refractivity (Wildman–Crippen MR) is 111 cm³/mol. The van der Waals surface area contributed by atoms with E-state index in [0.29, 0.717) is 30.5 Å². The zero-order chi connectivity index (χ0) is 20.2. The molecule has 6 nitrogen and oxygen atoms in total. The Kier molecular flexibility index (Phi) is 5.51. The van der Waals surface area contributed by atoms with Crippen molar-refractivity contribution in [2.75, 3.05) is 20.8 Å². The van der Waals surface area contributed by atoms with Crippen LogP contribution in [-0.2, 0) is 19.4 Å². The molecule has 1 aliphatic heterocycles. The minimum absolute atomic E-state index is 0.291. The number of benzene rings is 2. The Bertz CT molecular complexity index is 1060. The van der Waals surface area contributed by atoms with E-state index in [2.05, 4.69) is 17.1 Å². The molecular weight excluding hydrogens is 368 g/mol. The smallest absolute Gasteiger partial charge is 0.351 e. The molecule has 2 heterocycles. The zero-order valence-corrected chi connectivity index (χ0v) is 16.7. The van der Waals surface area contributed by atoms with Gasteiger partial charge in [0.2, 0.25) is 5.88 Å². The summed E-state index contributed by atoms with van der Waals surface area (Å²) in [4.78, 5) is 16.7. The van der Waals surface area contributed by atoms with E-state index in [1.807, 2.05) is 36.4 Å². The number of hydrogen-bond donors (Lipinski definition) is 0. The maximum atomic E-state index is 12.5. The average molecular weight is 392 g/mol. The molecule has 0 saturated carbocycles. The van der Waals surface area contributed by atoms with Gasteiger partial charge in [-0.3, -0.25) is 4.57 Å². The molecule has 0 aliphatic carbocycles. The van der Waals surface area contributed by atoms with E-state index in [9.17, 15) is 4.79 Å². The lowest BCUT2D eigenvalue weighted by atomic mass is 9.97. The Morgan fingerprint density at radius 3 is 2.55 bits per heavy atom. The molecule has 29 heavy (non-hydrogen) atoms. The Balaban J connectivity index is 1.56. The zero-order valence-electron chi connectivity index (χ0n) is 16.7. The molecule has 1 aromatic heterocycles. The number of fused-ring (bicyclic) bond motifs is 3. The molecule has 4 rings (SSSR count). The van der Waals surface area contributed by atoms with Gasteiger partial charge in [-0.1, -0.05) is 30.3 Å². The van der Waals surface area contributed by atoms with Crippen molar-refractivity contribution in [3.05, 3.63) is 70.1 Å². The highest BCUT2D eigenvalue weighted by Gasteiger charge is 2.22. The van der Waals surface area contributed by atoms with Crippen LogP contribution < -0.4 is 19.9 Å². The van der Waals surface area contributed by atoms with Crippen LogP contribution >= 0.6 is 0 Å². The monoisotopic (exact) mass is 392 g/mol. The second-order valence-electron chi connectivity index (χ2n) is 6.97. The van der Waals surface area contributed by atoms with Gasteiger partial charge >= 0.3 is 5.69 Å². The third-order valence-corrected chi connectivity index (χ3v) is 5.18. The molecular formula is C23H24N2O4. The fraction of sp³-hybridized carbons (Fsp3) is 0.304. The summed E-state index contributed by atoms with van der Waals surface area (Å²) in [5, 5.41) is 0. The van der Waals surface area contributed by atoms with Gasteiger partial charge in [0.15, 0.2) is 11.5 Å². The van der Waals surface area contributed by atoms with Crippen molar-refractivity contribution < 1.29 is 14.2 Å². The highest BCUT2D eigenvalue weighted by atomic mass is 16.5. The number of ether oxygens (including phenoxy) is 3. The van der Waals surface area contributed by atoms with E-state index in [-0.39, 0.29) is 5.69 Å². The molecule has 0 amide bonds. The van der Waals surface area contributed by atoms with Crippen molar-refractivity contribution in [3.8, 4) is 28.6 Å². The van der Waals surface area contributed by atoms with E-state index < -0.39 is 0 Å². The summed E-state index contributed by atoms with van der Waals surface area (Å²) >= 11 is 0. The quantitative estimate of drug-likeness (QED) is 0.576. The van der Waals surface area contributed by atoms with Gasteiger partial charge in [-0.05, 0) is 42.5 Å². The van der Waals surface area contributed by atoms with E-state index in [4.69, 9.17) is 14.2 Å². The first-order valence-electron chi connectivity index (χ1n) is 9.73. The Labute approximate surface area is 169 Å². The molecule has 0 N–H and O–H groups in total. The molecule has 0 spiro atoms. The second kappa shape index (κ2) is 8.39. The molecule has 0 atom stereocenters. The number of nitrogens with zero attached hydrogens (tertiary/aromatic N) is 2. The molecule has 0 fully saturated rings. The number of aryl methyl sites for hydroxylation is 2. The number of methoxy groups -OCH3 is 2. The first-order valence-corrected chi connectivity index (χ1v) is 9.73. The van der Waals surface area contributed by atoms with Crippen molar-refractivity contribution in [2.24, 2.45) is 0 Å². The van der Waals surface area contributed by atoms with Crippen LogP contribution in [0.25, 0.3) is 11.3 Å². The number of hydrogen-bond acceptors (Lipinski definition) is 5. The fourth-order valence-electron chi connectivity index (χ4n) is 3.69. The molecule has 6 heteroatoms. The van der Waals surface area contributed by atoms with Crippen LogP contribution in [0.5, 0.6) is 17.4 Å². The lowest BCUT2D eigenvalue weighted by molar-refractivity contribution is 0.296. The van der Waals surface area contributed by atoms with Crippen LogP contribution in [0, 0.1) is 0 Å². The largest absolute Gasteiger partial charge is 0.493 e. The second-order valence-corrected chi connectivity index (χ2v) is 6.97. The van der Waals surface area contributed by atoms with Gasteiger partial charge in [0.05, 0.1) is 26.5 Å². The van der Waals surface area contributed by atoms with Crippen molar-refractivity contribution in [1.29, 1.82) is 0 Å². The number of aromatic nitrogens is 2. The molecule has 150 valence electrons.